The summed E-state index contributed by atoms with van der Waals surface area (Å²) in [6.45, 7) is 5.12. The minimum absolute atomic E-state index is 0.0851. The molecule has 0 aliphatic carbocycles. The molecule has 0 fully saturated rings. The fourth-order valence-corrected chi connectivity index (χ4v) is 2.47. The van der Waals surface area contributed by atoms with E-state index in [9.17, 15) is 13.0 Å². The molecule has 0 aliphatic heterocycles. The summed E-state index contributed by atoms with van der Waals surface area (Å²) in [5.74, 6) is 0. The van der Waals surface area contributed by atoms with Gasteiger partial charge in [-0.2, -0.15) is 5.14 Å². The van der Waals surface area contributed by atoms with Gasteiger partial charge in [-0.05, 0) is 31.9 Å². The molecule has 6 heteroatoms. The Labute approximate surface area is 106 Å². The quantitative estimate of drug-likeness (QED) is 0.618. The number of nitrogens with two attached hydrogens (primary N) is 1. The van der Waals surface area contributed by atoms with E-state index in [0.717, 1.165) is 5.56 Å². The molecule has 0 aromatic heterocycles. The zero-order chi connectivity index (χ0) is 13.8. The van der Waals surface area contributed by atoms with Crippen LogP contribution in [0.1, 0.15) is 16.7 Å². The highest BCUT2D eigenvalue weighted by Gasteiger charge is 2.09. The SMILES string of the molecule is C[S+](C)N.Cc1cc(C)c(S(=O)(=O)[O-])c(C)c1. The Morgan fingerprint density at radius 2 is 1.41 bits per heavy atom. The third-order valence-electron chi connectivity index (χ3n) is 1.85. The van der Waals surface area contributed by atoms with Crippen molar-refractivity contribution >= 4 is 21.2 Å². The smallest absolute Gasteiger partial charge is 0.124 e. The molecule has 1 aromatic carbocycles. The van der Waals surface area contributed by atoms with E-state index >= 15 is 0 Å². The van der Waals surface area contributed by atoms with Crippen molar-refractivity contribution in [2.24, 2.45) is 5.14 Å². The monoisotopic (exact) mass is 277 g/mol. The van der Waals surface area contributed by atoms with Crippen molar-refractivity contribution in [2.45, 2.75) is 25.7 Å². The second kappa shape index (κ2) is 6.39. The van der Waals surface area contributed by atoms with Gasteiger partial charge < -0.3 is 4.55 Å². The van der Waals surface area contributed by atoms with Crippen molar-refractivity contribution in [3.8, 4) is 0 Å². The summed E-state index contributed by atoms with van der Waals surface area (Å²) in [7, 11) is -4.33. The van der Waals surface area contributed by atoms with Gasteiger partial charge in [0, 0.05) is 0 Å². The van der Waals surface area contributed by atoms with Crippen LogP contribution in [0.5, 0.6) is 0 Å². The van der Waals surface area contributed by atoms with Crippen LogP contribution in [0.2, 0.25) is 0 Å². The second-order valence-electron chi connectivity index (χ2n) is 4.06. The van der Waals surface area contributed by atoms with E-state index in [1.165, 1.54) is 0 Å². The van der Waals surface area contributed by atoms with Gasteiger partial charge >= 0.3 is 0 Å². The van der Waals surface area contributed by atoms with Crippen LogP contribution in [0, 0.1) is 20.8 Å². The van der Waals surface area contributed by atoms with Gasteiger partial charge in [-0.25, -0.2) is 8.42 Å². The van der Waals surface area contributed by atoms with E-state index in [1.54, 1.807) is 26.0 Å². The van der Waals surface area contributed by atoms with E-state index in [2.05, 4.69) is 0 Å². The standard InChI is InChI=1S/C9H12O3S.C2H8NS/c1-6-4-7(2)9(8(3)5-6)13(10,11)12;1-4(2)3/h4-5H,1-3H3,(H,10,11,12);3H2,1-2H3/q;+1/p-1. The summed E-state index contributed by atoms with van der Waals surface area (Å²) in [6.07, 6.45) is 3.94. The lowest BCUT2D eigenvalue weighted by atomic mass is 10.1. The first-order chi connectivity index (χ1) is 7.55. The van der Waals surface area contributed by atoms with Gasteiger partial charge in [0.1, 0.15) is 22.6 Å². The van der Waals surface area contributed by atoms with Crippen molar-refractivity contribution in [1.29, 1.82) is 0 Å². The van der Waals surface area contributed by atoms with Gasteiger partial charge in [-0.3, -0.25) is 0 Å². The van der Waals surface area contributed by atoms with Crippen LogP contribution in [-0.2, 0) is 21.2 Å². The Morgan fingerprint density at radius 1 is 1.12 bits per heavy atom. The Hall–Kier alpha value is -0.560. The fraction of sp³-hybridized carbons (Fsp3) is 0.455. The molecule has 4 nitrogen and oxygen atoms in total. The van der Waals surface area contributed by atoms with Crippen LogP contribution in [0.15, 0.2) is 17.0 Å². The summed E-state index contributed by atoms with van der Waals surface area (Å²) in [4.78, 5) is -0.0851. The first kappa shape index (κ1) is 16.4. The Balaban J connectivity index is 0.000000557. The minimum Gasteiger partial charge on any atom is -0.744 e. The summed E-state index contributed by atoms with van der Waals surface area (Å²) >= 11 is 0.139. The van der Waals surface area contributed by atoms with E-state index in [-0.39, 0.29) is 16.0 Å². The molecule has 2 N–H and O–H groups in total. The molecule has 0 unspecified atom stereocenters. The van der Waals surface area contributed by atoms with Crippen LogP contribution >= 0.6 is 0 Å². The molecule has 0 heterocycles. The van der Waals surface area contributed by atoms with Crippen LogP contribution in [0.25, 0.3) is 0 Å². The Kier molecular flexibility index (Phi) is 6.18. The van der Waals surface area contributed by atoms with Crippen molar-refractivity contribution in [1.82, 2.24) is 0 Å². The van der Waals surface area contributed by atoms with Crippen LogP contribution in [-0.4, -0.2) is 25.5 Å². The maximum absolute atomic E-state index is 10.8. The average Bonchev–Trinajstić information content (AvgIpc) is 1.95. The molecule has 0 bridgehead atoms. The second-order valence-corrected chi connectivity index (χ2v) is 7.14. The maximum Gasteiger partial charge on any atom is 0.124 e. The lowest BCUT2D eigenvalue weighted by molar-refractivity contribution is 0.462. The number of benzene rings is 1. The first-order valence-electron chi connectivity index (χ1n) is 4.91. The van der Waals surface area contributed by atoms with Crippen molar-refractivity contribution in [3.63, 3.8) is 0 Å². The molecule has 1 rings (SSSR count). The van der Waals surface area contributed by atoms with Crippen molar-refractivity contribution in [2.75, 3.05) is 12.5 Å². The average molecular weight is 277 g/mol. The molecule has 17 heavy (non-hydrogen) atoms. The molecule has 0 amide bonds. The van der Waals surface area contributed by atoms with Gasteiger partial charge in [-0.1, -0.05) is 17.7 Å². The molecule has 0 atom stereocenters. The molecule has 0 saturated heterocycles. The molecule has 1 aromatic rings. The topological polar surface area (TPSA) is 83.2 Å². The van der Waals surface area contributed by atoms with E-state index in [1.807, 2.05) is 19.4 Å². The summed E-state index contributed by atoms with van der Waals surface area (Å²) < 4.78 is 32.5. The van der Waals surface area contributed by atoms with E-state index in [0.29, 0.717) is 11.1 Å². The molecule has 0 saturated carbocycles. The van der Waals surface area contributed by atoms with Crippen molar-refractivity contribution < 1.29 is 13.0 Å². The van der Waals surface area contributed by atoms with Crippen molar-refractivity contribution in [3.05, 3.63) is 28.8 Å². The van der Waals surface area contributed by atoms with Gasteiger partial charge in [0.2, 0.25) is 0 Å². The van der Waals surface area contributed by atoms with Gasteiger partial charge in [0.15, 0.2) is 0 Å². The van der Waals surface area contributed by atoms with Crippen LogP contribution in [0.4, 0.5) is 0 Å². The number of rotatable bonds is 1. The third-order valence-corrected chi connectivity index (χ3v) is 3.00. The van der Waals surface area contributed by atoms with E-state index < -0.39 is 10.1 Å². The molecular formula is C11H19NO3S2. The number of hydrogen-bond acceptors (Lipinski definition) is 4. The summed E-state index contributed by atoms with van der Waals surface area (Å²) in [5.41, 5.74) is 2.00. The fourth-order valence-electron chi connectivity index (χ4n) is 1.56. The van der Waals surface area contributed by atoms with E-state index in [4.69, 9.17) is 5.14 Å². The highest BCUT2D eigenvalue weighted by Crippen LogP contribution is 2.20. The highest BCUT2D eigenvalue weighted by atomic mass is 32.2. The molecular weight excluding hydrogens is 258 g/mol. The maximum atomic E-state index is 10.8. The highest BCUT2D eigenvalue weighted by molar-refractivity contribution is 7.93. The predicted octanol–water partition coefficient (Wildman–Crippen LogP) is 1.25. The number of hydrogen-bond donors (Lipinski definition) is 1. The lowest BCUT2D eigenvalue weighted by Gasteiger charge is -2.14. The van der Waals surface area contributed by atoms with Crippen LogP contribution < -0.4 is 5.14 Å². The van der Waals surface area contributed by atoms with Gasteiger partial charge in [-0.15, -0.1) is 0 Å². The molecule has 98 valence electrons. The van der Waals surface area contributed by atoms with Gasteiger partial charge in [0.25, 0.3) is 0 Å². The Morgan fingerprint density at radius 3 is 1.65 bits per heavy atom. The predicted molar refractivity (Wildman–Crippen MR) is 72.0 cm³/mol. The first-order valence-corrected chi connectivity index (χ1v) is 8.42. The Bertz CT molecular complexity index is 456. The normalized spacial score (nSPS) is 11.1. The molecule has 0 aliphatic rings. The minimum atomic E-state index is -4.33. The summed E-state index contributed by atoms with van der Waals surface area (Å²) in [6, 6.07) is 3.38. The summed E-state index contributed by atoms with van der Waals surface area (Å²) in [5, 5.41) is 5.14. The zero-order valence-electron chi connectivity index (χ0n) is 10.8. The lowest BCUT2D eigenvalue weighted by Crippen LogP contribution is -2.05. The largest absolute Gasteiger partial charge is 0.744 e. The third kappa shape index (κ3) is 6.07. The zero-order valence-corrected chi connectivity index (χ0v) is 12.4. The van der Waals surface area contributed by atoms with Crippen LogP contribution in [0.3, 0.4) is 0 Å². The molecule has 0 radical (unpaired) electrons. The number of aryl methyl sites for hydroxylation is 3. The molecule has 0 spiro atoms. The van der Waals surface area contributed by atoms with Gasteiger partial charge in [0.05, 0.1) is 16.0 Å².